The molecule has 100 valence electrons. The molecule has 2 aromatic rings. The van der Waals surface area contributed by atoms with Gasteiger partial charge in [0.25, 0.3) is 0 Å². The van der Waals surface area contributed by atoms with E-state index in [1.54, 1.807) is 7.05 Å². The number of nitrogens with zero attached hydrogens (tertiary/aromatic N) is 2. The van der Waals surface area contributed by atoms with E-state index in [9.17, 15) is 5.11 Å². The van der Waals surface area contributed by atoms with Crippen molar-refractivity contribution in [3.05, 3.63) is 24.3 Å². The molecule has 3 rings (SSSR count). The average molecular weight is 258 g/mol. The van der Waals surface area contributed by atoms with Crippen LogP contribution in [0.5, 0.6) is 0 Å². The van der Waals surface area contributed by atoms with Crippen molar-refractivity contribution in [2.45, 2.75) is 24.9 Å². The molecular weight excluding hydrogens is 240 g/mol. The minimum Gasteiger partial charge on any atom is -0.388 e. The molecule has 3 N–H and O–H groups in total. The second-order valence-corrected chi connectivity index (χ2v) is 5.09. The Morgan fingerprint density at radius 3 is 2.74 bits per heavy atom. The summed E-state index contributed by atoms with van der Waals surface area (Å²) in [7, 11) is 1.80. The second kappa shape index (κ2) is 4.66. The summed E-state index contributed by atoms with van der Waals surface area (Å²) in [5.74, 6) is 1.36. The minimum atomic E-state index is -0.564. The molecule has 0 spiro atoms. The first-order valence-electron chi connectivity index (χ1n) is 6.61. The number of aliphatic hydroxyl groups is 1. The zero-order valence-corrected chi connectivity index (χ0v) is 11.0. The number of para-hydroxylation sites is 1. The fourth-order valence-electron chi connectivity index (χ4n) is 2.33. The van der Waals surface area contributed by atoms with Gasteiger partial charge in [-0.05, 0) is 31.4 Å². The van der Waals surface area contributed by atoms with Gasteiger partial charge in [0.05, 0.1) is 11.1 Å². The minimum absolute atomic E-state index is 0.539. The Labute approximate surface area is 112 Å². The fraction of sp³-hybridized carbons (Fsp3) is 0.429. The molecule has 5 heteroatoms. The van der Waals surface area contributed by atoms with Gasteiger partial charge in [-0.25, -0.2) is 4.98 Å². The topological polar surface area (TPSA) is 70.1 Å². The lowest BCUT2D eigenvalue weighted by Gasteiger charge is -2.36. The Balaban J connectivity index is 1.92. The number of nitrogens with one attached hydrogen (secondary N) is 2. The maximum absolute atomic E-state index is 10.1. The standard InChI is InChI=1S/C14H18N4O/c1-15-13-17-11-6-3-2-5-10(11)12(18-13)16-9-14(19)7-4-8-14/h2-3,5-6,19H,4,7-9H2,1H3,(H2,15,16,17,18). The van der Waals surface area contributed by atoms with Crippen LogP contribution in [0, 0.1) is 0 Å². The van der Waals surface area contributed by atoms with Crippen LogP contribution in [-0.4, -0.2) is 34.3 Å². The highest BCUT2D eigenvalue weighted by Gasteiger charge is 2.34. The smallest absolute Gasteiger partial charge is 0.224 e. The molecule has 19 heavy (non-hydrogen) atoms. The molecule has 0 saturated heterocycles. The number of rotatable bonds is 4. The normalized spacial score (nSPS) is 16.9. The zero-order valence-electron chi connectivity index (χ0n) is 11.0. The van der Waals surface area contributed by atoms with Gasteiger partial charge in [0.1, 0.15) is 5.82 Å². The van der Waals surface area contributed by atoms with Crippen molar-refractivity contribution < 1.29 is 5.11 Å². The first kappa shape index (κ1) is 12.2. The van der Waals surface area contributed by atoms with Gasteiger partial charge in [0.2, 0.25) is 5.95 Å². The Kier molecular flexibility index (Phi) is 2.98. The Bertz CT molecular complexity index is 595. The van der Waals surface area contributed by atoms with Gasteiger partial charge in [-0.1, -0.05) is 12.1 Å². The van der Waals surface area contributed by atoms with Crippen LogP contribution in [0.2, 0.25) is 0 Å². The summed E-state index contributed by atoms with van der Waals surface area (Å²) in [6, 6.07) is 7.87. The molecule has 0 atom stereocenters. The number of anilines is 2. The van der Waals surface area contributed by atoms with Gasteiger partial charge in [-0.3, -0.25) is 0 Å². The monoisotopic (exact) mass is 258 g/mol. The molecule has 0 unspecified atom stereocenters. The lowest BCUT2D eigenvalue weighted by Crippen LogP contribution is -2.43. The van der Waals surface area contributed by atoms with Crippen LogP contribution in [0.15, 0.2) is 24.3 Å². The number of fused-ring (bicyclic) bond motifs is 1. The first-order chi connectivity index (χ1) is 9.20. The Hall–Kier alpha value is -1.88. The predicted molar refractivity (Wildman–Crippen MR) is 76.4 cm³/mol. The third-order valence-corrected chi connectivity index (χ3v) is 3.70. The van der Waals surface area contributed by atoms with E-state index in [-0.39, 0.29) is 0 Å². The van der Waals surface area contributed by atoms with E-state index in [1.165, 1.54) is 0 Å². The van der Waals surface area contributed by atoms with Gasteiger partial charge in [0.15, 0.2) is 0 Å². The summed E-state index contributed by atoms with van der Waals surface area (Å²) in [6.45, 7) is 0.539. The average Bonchev–Trinajstić information content (AvgIpc) is 2.42. The molecule has 0 bridgehead atoms. The summed E-state index contributed by atoms with van der Waals surface area (Å²) in [6.07, 6.45) is 2.83. The summed E-state index contributed by atoms with van der Waals surface area (Å²) in [4.78, 5) is 8.84. The van der Waals surface area contributed by atoms with Crippen LogP contribution in [0.25, 0.3) is 10.9 Å². The van der Waals surface area contributed by atoms with E-state index in [0.29, 0.717) is 12.5 Å². The lowest BCUT2D eigenvalue weighted by molar-refractivity contribution is -0.0202. The number of hydrogen-bond acceptors (Lipinski definition) is 5. The van der Waals surface area contributed by atoms with E-state index in [1.807, 2.05) is 24.3 Å². The zero-order chi connectivity index (χ0) is 13.3. The van der Waals surface area contributed by atoms with E-state index in [4.69, 9.17) is 0 Å². The van der Waals surface area contributed by atoms with Crippen molar-refractivity contribution in [2.75, 3.05) is 24.2 Å². The molecule has 0 amide bonds. The maximum atomic E-state index is 10.1. The predicted octanol–water partition coefficient (Wildman–Crippen LogP) is 2.00. The summed E-state index contributed by atoms with van der Waals surface area (Å²) < 4.78 is 0. The molecule has 1 saturated carbocycles. The van der Waals surface area contributed by atoms with Gasteiger partial charge in [0, 0.05) is 19.0 Å². The molecular formula is C14H18N4O. The molecule has 1 aromatic carbocycles. The fourth-order valence-corrected chi connectivity index (χ4v) is 2.33. The third-order valence-electron chi connectivity index (χ3n) is 3.70. The molecule has 5 nitrogen and oxygen atoms in total. The van der Waals surface area contributed by atoms with Gasteiger partial charge < -0.3 is 15.7 Å². The number of aromatic nitrogens is 2. The largest absolute Gasteiger partial charge is 0.388 e. The molecule has 1 heterocycles. The molecule has 1 aliphatic carbocycles. The molecule has 1 aliphatic rings. The van der Waals surface area contributed by atoms with Crippen molar-refractivity contribution in [3.63, 3.8) is 0 Å². The van der Waals surface area contributed by atoms with Crippen molar-refractivity contribution in [1.29, 1.82) is 0 Å². The van der Waals surface area contributed by atoms with Crippen molar-refractivity contribution >= 4 is 22.7 Å². The van der Waals surface area contributed by atoms with Gasteiger partial charge in [-0.15, -0.1) is 0 Å². The Morgan fingerprint density at radius 1 is 1.26 bits per heavy atom. The Morgan fingerprint density at radius 2 is 2.05 bits per heavy atom. The summed E-state index contributed by atoms with van der Waals surface area (Å²) in [5.41, 5.74) is 0.330. The van der Waals surface area contributed by atoms with Crippen LogP contribution in [0.3, 0.4) is 0 Å². The van der Waals surface area contributed by atoms with Gasteiger partial charge in [-0.2, -0.15) is 4.98 Å². The van der Waals surface area contributed by atoms with Crippen LogP contribution in [-0.2, 0) is 0 Å². The quantitative estimate of drug-likeness (QED) is 0.782. The summed E-state index contributed by atoms with van der Waals surface area (Å²) >= 11 is 0. The van der Waals surface area contributed by atoms with Crippen molar-refractivity contribution in [3.8, 4) is 0 Å². The number of benzene rings is 1. The van der Waals surface area contributed by atoms with E-state index in [2.05, 4.69) is 20.6 Å². The molecule has 0 radical (unpaired) electrons. The van der Waals surface area contributed by atoms with Gasteiger partial charge >= 0.3 is 0 Å². The van der Waals surface area contributed by atoms with Crippen LogP contribution < -0.4 is 10.6 Å². The van der Waals surface area contributed by atoms with Crippen LogP contribution in [0.1, 0.15) is 19.3 Å². The molecule has 1 fully saturated rings. The SMILES string of the molecule is CNc1nc(NCC2(O)CCC2)c2ccccc2n1. The van der Waals surface area contributed by atoms with Crippen molar-refractivity contribution in [1.82, 2.24) is 9.97 Å². The highest BCUT2D eigenvalue weighted by Crippen LogP contribution is 2.32. The maximum Gasteiger partial charge on any atom is 0.224 e. The highest BCUT2D eigenvalue weighted by molar-refractivity contribution is 5.90. The van der Waals surface area contributed by atoms with Crippen molar-refractivity contribution in [2.24, 2.45) is 0 Å². The highest BCUT2D eigenvalue weighted by atomic mass is 16.3. The second-order valence-electron chi connectivity index (χ2n) is 5.09. The van der Waals surface area contributed by atoms with E-state index < -0.39 is 5.60 Å². The third kappa shape index (κ3) is 2.33. The van der Waals surface area contributed by atoms with E-state index >= 15 is 0 Å². The van der Waals surface area contributed by atoms with E-state index in [0.717, 1.165) is 36.0 Å². The van der Waals surface area contributed by atoms with Crippen LogP contribution in [0.4, 0.5) is 11.8 Å². The lowest BCUT2D eigenvalue weighted by atomic mass is 9.80. The number of hydrogen-bond donors (Lipinski definition) is 3. The van der Waals surface area contributed by atoms with Crippen LogP contribution >= 0.6 is 0 Å². The first-order valence-corrected chi connectivity index (χ1v) is 6.61. The summed E-state index contributed by atoms with van der Waals surface area (Å²) in [5, 5.41) is 17.3. The molecule has 1 aromatic heterocycles. The molecule has 0 aliphatic heterocycles.